The minimum atomic E-state index is -0.666. The van der Waals surface area contributed by atoms with Crippen LogP contribution in [0.25, 0.3) is 0 Å². The smallest absolute Gasteiger partial charge is 0.339 e. The molecule has 0 saturated carbocycles. The number of rotatable bonds is 3. The molecule has 2 rings (SSSR count). The highest BCUT2D eigenvalue weighted by Gasteiger charge is 2.16. The van der Waals surface area contributed by atoms with Crippen LogP contribution in [0.3, 0.4) is 0 Å². The van der Waals surface area contributed by atoms with Crippen LogP contribution >= 0.6 is 15.9 Å². The summed E-state index contributed by atoms with van der Waals surface area (Å²) in [7, 11) is 1.21. The summed E-state index contributed by atoms with van der Waals surface area (Å²) in [5.74, 6) is -1.73. The fraction of sp³-hybridized carbons (Fsp3) is 0.0714. The van der Waals surface area contributed by atoms with Crippen molar-refractivity contribution in [2.24, 2.45) is 0 Å². The van der Waals surface area contributed by atoms with Crippen molar-refractivity contribution in [3.05, 3.63) is 58.1 Å². The van der Waals surface area contributed by atoms with Gasteiger partial charge < -0.3 is 10.1 Å². The Balaban J connectivity index is 2.32. The van der Waals surface area contributed by atoms with E-state index in [9.17, 15) is 14.0 Å². The summed E-state index contributed by atoms with van der Waals surface area (Å²) in [6.07, 6.45) is 1.45. The van der Waals surface area contributed by atoms with E-state index in [2.05, 4.69) is 31.0 Å². The zero-order chi connectivity index (χ0) is 15.4. The average molecular weight is 353 g/mol. The molecular formula is C14H10BrFN2O3. The molecule has 0 saturated heterocycles. The number of hydrogen-bond donors (Lipinski definition) is 1. The number of benzene rings is 1. The Morgan fingerprint density at radius 1 is 1.29 bits per heavy atom. The molecule has 0 aliphatic rings. The van der Waals surface area contributed by atoms with Crippen LogP contribution in [0.15, 0.2) is 41.1 Å². The maximum absolute atomic E-state index is 13.3. The molecule has 2 aromatic rings. The fourth-order valence-electron chi connectivity index (χ4n) is 1.65. The maximum Gasteiger partial charge on any atom is 0.339 e. The van der Waals surface area contributed by atoms with Gasteiger partial charge in [-0.25, -0.2) is 14.2 Å². The molecule has 1 heterocycles. The number of halogens is 2. The van der Waals surface area contributed by atoms with Crippen LogP contribution in [0.5, 0.6) is 0 Å². The van der Waals surface area contributed by atoms with Gasteiger partial charge in [0.2, 0.25) is 0 Å². The van der Waals surface area contributed by atoms with E-state index >= 15 is 0 Å². The number of hydrogen-bond acceptors (Lipinski definition) is 4. The van der Waals surface area contributed by atoms with Crippen molar-refractivity contribution in [3.8, 4) is 0 Å². The number of carbonyl (C=O) groups excluding carboxylic acids is 2. The Morgan fingerprint density at radius 3 is 2.71 bits per heavy atom. The van der Waals surface area contributed by atoms with Crippen molar-refractivity contribution < 1.29 is 18.7 Å². The molecule has 0 aliphatic carbocycles. The second-order valence-corrected chi connectivity index (χ2v) is 4.82. The Bertz CT molecular complexity index is 706. The molecule has 0 radical (unpaired) electrons. The summed E-state index contributed by atoms with van der Waals surface area (Å²) in [6.45, 7) is 0. The lowest BCUT2D eigenvalue weighted by atomic mass is 10.1. The Kier molecular flexibility index (Phi) is 4.64. The summed E-state index contributed by atoms with van der Waals surface area (Å²) in [5, 5.41) is 2.48. The van der Waals surface area contributed by atoms with Crippen LogP contribution in [0, 0.1) is 5.82 Å². The molecule has 0 aliphatic heterocycles. The first-order valence-electron chi connectivity index (χ1n) is 5.82. The number of nitrogens with zero attached hydrogens (tertiary/aromatic N) is 1. The number of carbonyl (C=O) groups is 2. The van der Waals surface area contributed by atoms with Crippen LogP contribution in [0.2, 0.25) is 0 Å². The van der Waals surface area contributed by atoms with Gasteiger partial charge in [0, 0.05) is 11.8 Å². The lowest BCUT2D eigenvalue weighted by molar-refractivity contribution is 0.0602. The van der Waals surface area contributed by atoms with Gasteiger partial charge in [-0.05, 0) is 46.3 Å². The van der Waals surface area contributed by atoms with E-state index in [1.165, 1.54) is 31.5 Å². The molecule has 21 heavy (non-hydrogen) atoms. The second kappa shape index (κ2) is 6.45. The van der Waals surface area contributed by atoms with Crippen molar-refractivity contribution in [1.29, 1.82) is 0 Å². The number of pyridine rings is 1. The van der Waals surface area contributed by atoms with Gasteiger partial charge in [-0.1, -0.05) is 0 Å². The molecule has 108 valence electrons. The van der Waals surface area contributed by atoms with Crippen LogP contribution in [0.4, 0.5) is 10.1 Å². The zero-order valence-corrected chi connectivity index (χ0v) is 12.5. The number of amides is 1. The first-order chi connectivity index (χ1) is 10.0. The molecule has 0 fully saturated rings. The Labute approximate surface area is 128 Å². The number of anilines is 1. The Morgan fingerprint density at radius 2 is 2.05 bits per heavy atom. The summed E-state index contributed by atoms with van der Waals surface area (Å²) in [6, 6.07) is 6.42. The Hall–Kier alpha value is -2.28. The minimum absolute atomic E-state index is 0.0415. The molecule has 1 N–H and O–H groups in total. The van der Waals surface area contributed by atoms with Crippen molar-refractivity contribution >= 4 is 33.5 Å². The lowest BCUT2D eigenvalue weighted by Gasteiger charge is -2.10. The van der Waals surface area contributed by atoms with Gasteiger partial charge >= 0.3 is 5.97 Å². The van der Waals surface area contributed by atoms with Gasteiger partial charge in [0.25, 0.3) is 5.91 Å². The molecule has 0 unspecified atom stereocenters. The minimum Gasteiger partial charge on any atom is -0.465 e. The van der Waals surface area contributed by atoms with Gasteiger partial charge in [0.15, 0.2) is 0 Å². The first-order valence-corrected chi connectivity index (χ1v) is 6.61. The quantitative estimate of drug-likeness (QED) is 0.680. The highest BCUT2D eigenvalue weighted by atomic mass is 79.9. The third kappa shape index (κ3) is 3.63. The first kappa shape index (κ1) is 15.1. The predicted octanol–water partition coefficient (Wildman–Crippen LogP) is 3.02. The normalized spacial score (nSPS) is 10.0. The van der Waals surface area contributed by atoms with E-state index in [0.29, 0.717) is 10.2 Å². The standard InChI is InChI=1S/C14H10BrFN2O3/c1-21-14(20)10-3-2-9(16)7-11(10)18-13(19)8-4-5-17-12(15)6-8/h2-7H,1H3,(H,18,19). The maximum atomic E-state index is 13.3. The van der Waals surface area contributed by atoms with E-state index in [0.717, 1.165) is 12.1 Å². The van der Waals surface area contributed by atoms with Crippen LogP contribution in [0.1, 0.15) is 20.7 Å². The van der Waals surface area contributed by atoms with Gasteiger partial charge in [0.1, 0.15) is 10.4 Å². The number of methoxy groups -OCH3 is 1. The molecule has 1 amide bonds. The predicted molar refractivity (Wildman–Crippen MR) is 77.6 cm³/mol. The largest absolute Gasteiger partial charge is 0.465 e. The monoisotopic (exact) mass is 352 g/mol. The molecule has 0 atom stereocenters. The highest BCUT2D eigenvalue weighted by molar-refractivity contribution is 9.10. The highest BCUT2D eigenvalue weighted by Crippen LogP contribution is 2.19. The van der Waals surface area contributed by atoms with Crippen LogP contribution in [-0.2, 0) is 4.74 Å². The number of nitrogens with one attached hydrogen (secondary N) is 1. The SMILES string of the molecule is COC(=O)c1ccc(F)cc1NC(=O)c1ccnc(Br)c1. The third-order valence-electron chi connectivity index (χ3n) is 2.62. The molecular weight excluding hydrogens is 343 g/mol. The molecule has 1 aromatic carbocycles. The van der Waals surface area contributed by atoms with Crippen LogP contribution < -0.4 is 5.32 Å². The summed E-state index contributed by atoms with van der Waals surface area (Å²) in [4.78, 5) is 27.6. The summed E-state index contributed by atoms with van der Waals surface area (Å²) in [5.41, 5.74) is 0.428. The lowest BCUT2D eigenvalue weighted by Crippen LogP contribution is -2.15. The number of esters is 1. The molecule has 5 nitrogen and oxygen atoms in total. The van der Waals surface area contributed by atoms with E-state index in [1.807, 2.05) is 0 Å². The number of ether oxygens (including phenoxy) is 1. The third-order valence-corrected chi connectivity index (χ3v) is 3.06. The van der Waals surface area contributed by atoms with E-state index < -0.39 is 17.7 Å². The summed E-state index contributed by atoms with van der Waals surface area (Å²) >= 11 is 3.15. The molecule has 0 bridgehead atoms. The molecule has 1 aromatic heterocycles. The van der Waals surface area contributed by atoms with E-state index in [-0.39, 0.29) is 11.3 Å². The van der Waals surface area contributed by atoms with Crippen molar-refractivity contribution in [2.45, 2.75) is 0 Å². The topological polar surface area (TPSA) is 68.3 Å². The van der Waals surface area contributed by atoms with Gasteiger partial charge in [-0.3, -0.25) is 4.79 Å². The summed E-state index contributed by atoms with van der Waals surface area (Å²) < 4.78 is 18.4. The van der Waals surface area contributed by atoms with Gasteiger partial charge in [-0.2, -0.15) is 0 Å². The average Bonchev–Trinajstić information content (AvgIpc) is 2.46. The second-order valence-electron chi connectivity index (χ2n) is 4.00. The van der Waals surface area contributed by atoms with Gasteiger partial charge in [-0.15, -0.1) is 0 Å². The van der Waals surface area contributed by atoms with Crippen molar-refractivity contribution in [2.75, 3.05) is 12.4 Å². The van der Waals surface area contributed by atoms with Crippen molar-refractivity contribution in [1.82, 2.24) is 4.98 Å². The fourth-order valence-corrected chi connectivity index (χ4v) is 2.01. The van der Waals surface area contributed by atoms with Crippen molar-refractivity contribution in [3.63, 3.8) is 0 Å². The van der Waals surface area contributed by atoms with Gasteiger partial charge in [0.05, 0.1) is 18.4 Å². The van der Waals surface area contributed by atoms with E-state index in [4.69, 9.17) is 0 Å². The molecule has 7 heteroatoms. The van der Waals surface area contributed by atoms with Crippen LogP contribution in [-0.4, -0.2) is 24.0 Å². The zero-order valence-electron chi connectivity index (χ0n) is 10.9. The molecule has 0 spiro atoms. The number of aromatic nitrogens is 1. The van der Waals surface area contributed by atoms with E-state index in [1.54, 1.807) is 0 Å².